The Labute approximate surface area is 82.3 Å². The van der Waals surface area contributed by atoms with Crippen LogP contribution in [0.4, 0.5) is 4.39 Å². The molecule has 1 aromatic carbocycles. The van der Waals surface area contributed by atoms with Crippen molar-refractivity contribution in [3.8, 4) is 11.5 Å². The predicted molar refractivity (Wildman–Crippen MR) is 52.2 cm³/mol. The Morgan fingerprint density at radius 3 is 2.79 bits per heavy atom. The minimum absolute atomic E-state index is 0.0466. The quantitative estimate of drug-likeness (QED) is 0.776. The van der Waals surface area contributed by atoms with Gasteiger partial charge in [0.2, 0.25) is 0 Å². The van der Waals surface area contributed by atoms with Gasteiger partial charge in [0.25, 0.3) is 0 Å². The smallest absolute Gasteiger partial charge is 0.124 e. The van der Waals surface area contributed by atoms with E-state index in [9.17, 15) is 9.50 Å². The Balaban J connectivity index is 2.88. The number of halogens is 1. The summed E-state index contributed by atoms with van der Waals surface area (Å²) in [6.07, 6.45) is 0.208. The normalized spacial score (nSPS) is 12.5. The maximum atomic E-state index is 12.0. The molecule has 3 nitrogen and oxygen atoms in total. The van der Waals surface area contributed by atoms with Crippen molar-refractivity contribution in [1.82, 2.24) is 0 Å². The summed E-state index contributed by atoms with van der Waals surface area (Å²) < 4.78 is 16.9. The second kappa shape index (κ2) is 4.81. The van der Waals surface area contributed by atoms with Crippen LogP contribution in [-0.4, -0.2) is 18.9 Å². The molecule has 0 spiro atoms. The molecule has 1 aromatic rings. The summed E-state index contributed by atoms with van der Waals surface area (Å²) in [6.45, 7) is -0.493. The van der Waals surface area contributed by atoms with Crippen LogP contribution in [0.25, 0.3) is 0 Å². The summed E-state index contributed by atoms with van der Waals surface area (Å²) in [7, 11) is 1.51. The van der Waals surface area contributed by atoms with Crippen LogP contribution in [0.5, 0.6) is 11.5 Å². The van der Waals surface area contributed by atoms with Crippen molar-refractivity contribution in [2.45, 2.75) is 12.5 Å². The minimum Gasteiger partial charge on any atom is -0.507 e. The lowest BCUT2D eigenvalue weighted by Gasteiger charge is -2.12. The van der Waals surface area contributed by atoms with Crippen molar-refractivity contribution in [1.29, 1.82) is 0 Å². The van der Waals surface area contributed by atoms with E-state index in [0.717, 1.165) is 0 Å². The van der Waals surface area contributed by atoms with Gasteiger partial charge in [0.1, 0.15) is 11.5 Å². The highest BCUT2D eigenvalue weighted by atomic mass is 19.1. The van der Waals surface area contributed by atoms with Crippen molar-refractivity contribution in [3.05, 3.63) is 23.8 Å². The zero-order chi connectivity index (χ0) is 10.6. The first kappa shape index (κ1) is 10.8. The molecule has 0 unspecified atom stereocenters. The van der Waals surface area contributed by atoms with E-state index in [-0.39, 0.29) is 12.2 Å². The van der Waals surface area contributed by atoms with Crippen LogP contribution in [0.15, 0.2) is 18.2 Å². The second-order valence-electron chi connectivity index (χ2n) is 3.01. The number of hydrogen-bond acceptors (Lipinski definition) is 3. The van der Waals surface area contributed by atoms with Crippen LogP contribution in [0.2, 0.25) is 0 Å². The molecule has 1 rings (SSSR count). The number of aromatic hydroxyl groups is 1. The Hall–Kier alpha value is -1.29. The van der Waals surface area contributed by atoms with Gasteiger partial charge in [0, 0.05) is 17.7 Å². The fourth-order valence-corrected chi connectivity index (χ4v) is 1.24. The first-order chi connectivity index (χ1) is 6.69. The van der Waals surface area contributed by atoms with Crippen molar-refractivity contribution < 1.29 is 14.2 Å². The van der Waals surface area contributed by atoms with E-state index in [1.807, 2.05) is 0 Å². The molecule has 3 N–H and O–H groups in total. The highest BCUT2D eigenvalue weighted by Crippen LogP contribution is 2.28. The van der Waals surface area contributed by atoms with Gasteiger partial charge in [-0.2, -0.15) is 0 Å². The third-order valence-corrected chi connectivity index (χ3v) is 2.06. The van der Waals surface area contributed by atoms with Gasteiger partial charge < -0.3 is 15.6 Å². The number of phenolic OH excluding ortho intramolecular Hbond substituents is 1. The zero-order valence-electron chi connectivity index (χ0n) is 8.03. The summed E-state index contributed by atoms with van der Waals surface area (Å²) in [5.74, 6) is 0.601. The third kappa shape index (κ3) is 2.35. The molecule has 0 saturated carbocycles. The van der Waals surface area contributed by atoms with Gasteiger partial charge in [-0.05, 0) is 12.5 Å². The molecule has 0 saturated heterocycles. The lowest BCUT2D eigenvalue weighted by molar-refractivity contribution is 0.401. The summed E-state index contributed by atoms with van der Waals surface area (Å²) in [4.78, 5) is 0. The lowest BCUT2D eigenvalue weighted by atomic mass is 10.0. The van der Waals surface area contributed by atoms with Gasteiger partial charge in [0.15, 0.2) is 0 Å². The molecule has 0 aliphatic carbocycles. The summed E-state index contributed by atoms with van der Waals surface area (Å²) >= 11 is 0. The predicted octanol–water partition coefficient (Wildman–Crippen LogP) is 1.76. The molecule has 14 heavy (non-hydrogen) atoms. The highest BCUT2D eigenvalue weighted by molar-refractivity contribution is 5.41. The SMILES string of the molecule is COc1ccc([C@H](N)CCF)c(O)c1. The number of methoxy groups -OCH3 is 1. The zero-order valence-corrected chi connectivity index (χ0v) is 8.03. The van der Waals surface area contributed by atoms with Crippen LogP contribution >= 0.6 is 0 Å². The first-order valence-corrected chi connectivity index (χ1v) is 4.37. The molecule has 0 aromatic heterocycles. The van der Waals surface area contributed by atoms with E-state index in [1.54, 1.807) is 12.1 Å². The van der Waals surface area contributed by atoms with E-state index in [1.165, 1.54) is 13.2 Å². The Morgan fingerprint density at radius 1 is 1.57 bits per heavy atom. The number of benzene rings is 1. The van der Waals surface area contributed by atoms with Gasteiger partial charge in [-0.1, -0.05) is 6.07 Å². The van der Waals surface area contributed by atoms with Crippen LogP contribution in [-0.2, 0) is 0 Å². The van der Waals surface area contributed by atoms with Crippen LogP contribution in [0, 0.1) is 0 Å². The van der Waals surface area contributed by atoms with E-state index < -0.39 is 12.7 Å². The first-order valence-electron chi connectivity index (χ1n) is 4.37. The summed E-state index contributed by atoms with van der Waals surface area (Å²) in [5.41, 5.74) is 6.20. The number of rotatable bonds is 4. The largest absolute Gasteiger partial charge is 0.507 e. The average molecular weight is 199 g/mol. The van der Waals surface area contributed by atoms with E-state index >= 15 is 0 Å². The minimum atomic E-state index is -0.493. The van der Waals surface area contributed by atoms with Crippen molar-refractivity contribution in [2.24, 2.45) is 5.73 Å². The number of nitrogens with two attached hydrogens (primary N) is 1. The fraction of sp³-hybridized carbons (Fsp3) is 0.400. The Bertz CT molecular complexity index is 304. The third-order valence-electron chi connectivity index (χ3n) is 2.06. The standard InChI is InChI=1S/C10H14FNO2/c1-14-7-2-3-8(10(13)6-7)9(12)4-5-11/h2-3,6,9,13H,4-5,12H2,1H3/t9-/m1/s1. The van der Waals surface area contributed by atoms with Gasteiger partial charge >= 0.3 is 0 Å². The molecule has 0 heterocycles. The average Bonchev–Trinajstić information content (AvgIpc) is 2.17. The molecule has 0 aliphatic rings. The molecule has 4 heteroatoms. The van der Waals surface area contributed by atoms with Gasteiger partial charge in [-0.3, -0.25) is 4.39 Å². The van der Waals surface area contributed by atoms with Crippen molar-refractivity contribution in [3.63, 3.8) is 0 Å². The molecular weight excluding hydrogens is 185 g/mol. The maximum Gasteiger partial charge on any atom is 0.124 e. The van der Waals surface area contributed by atoms with Crippen molar-refractivity contribution >= 4 is 0 Å². The molecule has 0 bridgehead atoms. The summed E-state index contributed by atoms with van der Waals surface area (Å²) in [5, 5.41) is 9.54. The van der Waals surface area contributed by atoms with Gasteiger partial charge in [0.05, 0.1) is 13.8 Å². The van der Waals surface area contributed by atoms with E-state index in [0.29, 0.717) is 11.3 Å². The molecule has 0 fully saturated rings. The highest BCUT2D eigenvalue weighted by Gasteiger charge is 2.11. The number of hydrogen-bond donors (Lipinski definition) is 2. The molecule has 0 aliphatic heterocycles. The molecule has 0 amide bonds. The number of alkyl halides is 1. The molecular formula is C10H14FNO2. The molecule has 1 atom stereocenters. The second-order valence-corrected chi connectivity index (χ2v) is 3.01. The molecule has 78 valence electrons. The molecule has 0 radical (unpaired) electrons. The Morgan fingerprint density at radius 2 is 2.29 bits per heavy atom. The number of phenols is 1. The van der Waals surface area contributed by atoms with Crippen LogP contribution < -0.4 is 10.5 Å². The van der Waals surface area contributed by atoms with Crippen LogP contribution in [0.3, 0.4) is 0 Å². The Kier molecular flexibility index (Phi) is 3.71. The van der Waals surface area contributed by atoms with Crippen molar-refractivity contribution in [2.75, 3.05) is 13.8 Å². The number of ether oxygens (including phenoxy) is 1. The maximum absolute atomic E-state index is 12.0. The van der Waals surface area contributed by atoms with Crippen LogP contribution in [0.1, 0.15) is 18.0 Å². The fourth-order valence-electron chi connectivity index (χ4n) is 1.24. The summed E-state index contributed by atoms with van der Waals surface area (Å²) in [6, 6.07) is 4.33. The lowest BCUT2D eigenvalue weighted by Crippen LogP contribution is -2.11. The van der Waals surface area contributed by atoms with Gasteiger partial charge in [-0.25, -0.2) is 0 Å². The van der Waals surface area contributed by atoms with E-state index in [4.69, 9.17) is 10.5 Å². The topological polar surface area (TPSA) is 55.5 Å². The van der Waals surface area contributed by atoms with Gasteiger partial charge in [-0.15, -0.1) is 0 Å². The van der Waals surface area contributed by atoms with E-state index in [2.05, 4.69) is 0 Å². The monoisotopic (exact) mass is 199 g/mol.